The first-order valence-electron chi connectivity index (χ1n) is 7.84. The lowest BCUT2D eigenvalue weighted by atomic mass is 10.2. The zero-order valence-corrected chi connectivity index (χ0v) is 13.9. The summed E-state index contributed by atoms with van der Waals surface area (Å²) in [6, 6.07) is 17.4. The SMILES string of the molecule is [O-][S+]1c2ccccc2CN1c1ccnc(-n2cnc3ccccc32)n1. The van der Waals surface area contributed by atoms with Crippen LogP contribution in [0.25, 0.3) is 17.0 Å². The van der Waals surface area contributed by atoms with Crippen molar-refractivity contribution in [2.45, 2.75) is 11.4 Å². The maximum atomic E-state index is 12.8. The van der Waals surface area contributed by atoms with Gasteiger partial charge in [0.2, 0.25) is 5.95 Å². The number of rotatable bonds is 2. The molecule has 0 radical (unpaired) electrons. The standard InChI is InChI=1S/C18H13N5OS/c24-25-16-8-4-1-5-13(16)11-23(25)17-9-10-19-18(21-17)22-12-20-14-6-2-3-7-15(14)22/h1-10,12H,11H2. The lowest BCUT2D eigenvalue weighted by Gasteiger charge is -2.17. The van der Waals surface area contributed by atoms with Crippen LogP contribution in [0.1, 0.15) is 5.56 Å². The van der Waals surface area contributed by atoms with E-state index in [0.717, 1.165) is 21.5 Å². The van der Waals surface area contributed by atoms with Gasteiger partial charge in [-0.3, -0.25) is 4.57 Å². The van der Waals surface area contributed by atoms with Gasteiger partial charge in [0.1, 0.15) is 17.7 Å². The van der Waals surface area contributed by atoms with Gasteiger partial charge in [-0.15, -0.1) is 0 Å². The van der Waals surface area contributed by atoms with Gasteiger partial charge in [0.05, 0.1) is 17.6 Å². The number of anilines is 1. The Labute approximate surface area is 147 Å². The summed E-state index contributed by atoms with van der Waals surface area (Å²) in [6.07, 6.45) is 3.39. The number of nitrogens with zero attached hydrogens (tertiary/aromatic N) is 5. The average Bonchev–Trinajstić information content (AvgIpc) is 3.24. The Bertz CT molecular complexity index is 1080. The number of fused-ring (bicyclic) bond motifs is 2. The van der Waals surface area contributed by atoms with Gasteiger partial charge in [-0.2, -0.15) is 9.29 Å². The van der Waals surface area contributed by atoms with Gasteiger partial charge < -0.3 is 4.55 Å². The van der Waals surface area contributed by atoms with Crippen LogP contribution in [0.5, 0.6) is 0 Å². The first-order valence-corrected chi connectivity index (χ1v) is 8.95. The molecule has 3 heterocycles. The van der Waals surface area contributed by atoms with Crippen LogP contribution >= 0.6 is 0 Å². The fraction of sp³-hybridized carbons (Fsp3) is 0.0556. The first kappa shape index (κ1) is 14.4. The minimum absolute atomic E-state index is 0.513. The summed E-state index contributed by atoms with van der Waals surface area (Å²) in [5.74, 6) is 1.15. The maximum absolute atomic E-state index is 12.8. The lowest BCUT2D eigenvalue weighted by Crippen LogP contribution is -2.25. The molecule has 0 aliphatic carbocycles. The third-order valence-electron chi connectivity index (χ3n) is 4.23. The molecule has 2 aromatic carbocycles. The summed E-state index contributed by atoms with van der Waals surface area (Å²) < 4.78 is 16.4. The molecule has 0 saturated carbocycles. The predicted molar refractivity (Wildman–Crippen MR) is 95.7 cm³/mol. The Morgan fingerprint density at radius 1 is 0.960 bits per heavy atom. The summed E-state index contributed by atoms with van der Waals surface area (Å²) in [4.78, 5) is 14.2. The quantitative estimate of drug-likeness (QED) is 0.522. The molecular weight excluding hydrogens is 334 g/mol. The largest absolute Gasteiger partial charge is 0.588 e. The molecule has 0 amide bonds. The van der Waals surface area contributed by atoms with E-state index in [9.17, 15) is 4.55 Å². The average molecular weight is 347 g/mol. The normalized spacial score (nSPS) is 16.4. The van der Waals surface area contributed by atoms with Crippen molar-refractivity contribution in [2.75, 3.05) is 4.31 Å². The Morgan fingerprint density at radius 2 is 1.80 bits per heavy atom. The van der Waals surface area contributed by atoms with Gasteiger partial charge >= 0.3 is 0 Å². The molecule has 2 aromatic heterocycles. The van der Waals surface area contributed by atoms with Gasteiger partial charge in [-0.05, 0) is 18.2 Å². The molecule has 1 aliphatic rings. The zero-order chi connectivity index (χ0) is 16.8. The number of hydrogen-bond acceptors (Lipinski definition) is 5. The number of imidazole rings is 1. The fourth-order valence-electron chi connectivity index (χ4n) is 3.02. The Balaban J connectivity index is 1.56. The molecule has 0 bridgehead atoms. The third kappa shape index (κ3) is 2.28. The highest BCUT2D eigenvalue weighted by molar-refractivity contribution is 7.93. The van der Waals surface area contributed by atoms with Crippen LogP contribution in [-0.4, -0.2) is 24.1 Å². The summed E-state index contributed by atoms with van der Waals surface area (Å²) in [7, 11) is 0. The van der Waals surface area contributed by atoms with E-state index in [2.05, 4.69) is 15.0 Å². The topological polar surface area (TPSA) is 69.9 Å². The van der Waals surface area contributed by atoms with Crippen LogP contribution in [0, 0.1) is 0 Å². The molecule has 1 unspecified atom stereocenters. The second kappa shape index (κ2) is 5.58. The molecule has 5 rings (SSSR count). The van der Waals surface area contributed by atoms with Gasteiger partial charge in [0.25, 0.3) is 0 Å². The van der Waals surface area contributed by atoms with E-state index in [-0.39, 0.29) is 0 Å². The number of hydrogen-bond donors (Lipinski definition) is 0. The summed E-state index contributed by atoms with van der Waals surface area (Å²) in [5.41, 5.74) is 2.88. The van der Waals surface area contributed by atoms with Gasteiger partial charge in [0, 0.05) is 17.8 Å². The van der Waals surface area contributed by atoms with Crippen molar-refractivity contribution in [2.24, 2.45) is 0 Å². The molecule has 0 N–H and O–H groups in total. The highest BCUT2D eigenvalue weighted by Crippen LogP contribution is 2.33. The van der Waals surface area contributed by atoms with Crippen molar-refractivity contribution < 1.29 is 4.55 Å². The number of benzene rings is 2. The highest BCUT2D eigenvalue weighted by Gasteiger charge is 2.35. The molecule has 0 fully saturated rings. The van der Waals surface area contributed by atoms with Crippen LogP contribution in [0.15, 0.2) is 72.0 Å². The van der Waals surface area contributed by atoms with E-state index in [0.29, 0.717) is 18.3 Å². The van der Waals surface area contributed by atoms with Crippen LogP contribution in [0.4, 0.5) is 5.82 Å². The smallest absolute Gasteiger partial charge is 0.237 e. The van der Waals surface area contributed by atoms with Crippen LogP contribution in [0.3, 0.4) is 0 Å². The van der Waals surface area contributed by atoms with E-state index in [4.69, 9.17) is 0 Å². The van der Waals surface area contributed by atoms with E-state index in [1.165, 1.54) is 0 Å². The molecule has 0 saturated heterocycles. The van der Waals surface area contributed by atoms with Crippen LogP contribution < -0.4 is 4.31 Å². The van der Waals surface area contributed by atoms with E-state index < -0.39 is 11.4 Å². The second-order valence-electron chi connectivity index (χ2n) is 5.71. The fourth-order valence-corrected chi connectivity index (χ4v) is 4.33. The van der Waals surface area contributed by atoms with Crippen molar-refractivity contribution >= 4 is 28.2 Å². The molecule has 7 heteroatoms. The molecular formula is C18H13N5OS. The van der Waals surface area contributed by atoms with Crippen LogP contribution in [-0.2, 0) is 17.9 Å². The number of para-hydroxylation sites is 2. The summed E-state index contributed by atoms with van der Waals surface area (Å²) in [5, 5.41) is 0. The second-order valence-corrected chi connectivity index (χ2v) is 7.09. The van der Waals surface area contributed by atoms with Gasteiger partial charge in [-0.25, -0.2) is 9.97 Å². The van der Waals surface area contributed by atoms with E-state index >= 15 is 0 Å². The third-order valence-corrected chi connectivity index (χ3v) is 5.72. The molecule has 1 aliphatic heterocycles. The van der Waals surface area contributed by atoms with Crippen molar-refractivity contribution in [3.8, 4) is 5.95 Å². The minimum Gasteiger partial charge on any atom is -0.588 e. The van der Waals surface area contributed by atoms with E-state index in [1.807, 2.05) is 53.1 Å². The lowest BCUT2D eigenvalue weighted by molar-refractivity contribution is 0.595. The Morgan fingerprint density at radius 3 is 2.72 bits per heavy atom. The van der Waals surface area contributed by atoms with Crippen molar-refractivity contribution in [3.63, 3.8) is 0 Å². The Kier molecular flexibility index (Phi) is 3.22. The maximum Gasteiger partial charge on any atom is 0.237 e. The minimum atomic E-state index is -1.25. The summed E-state index contributed by atoms with van der Waals surface area (Å²) in [6.45, 7) is 0.573. The predicted octanol–water partition coefficient (Wildman–Crippen LogP) is 2.86. The highest BCUT2D eigenvalue weighted by atomic mass is 32.2. The van der Waals surface area contributed by atoms with Gasteiger partial charge in [-0.1, -0.05) is 30.3 Å². The molecule has 0 spiro atoms. The molecule has 122 valence electrons. The molecule has 6 nitrogen and oxygen atoms in total. The van der Waals surface area contributed by atoms with Crippen molar-refractivity contribution in [3.05, 3.63) is 72.7 Å². The van der Waals surface area contributed by atoms with Crippen LogP contribution in [0.2, 0.25) is 0 Å². The monoisotopic (exact) mass is 347 g/mol. The zero-order valence-electron chi connectivity index (χ0n) is 13.1. The van der Waals surface area contributed by atoms with Crippen molar-refractivity contribution in [1.29, 1.82) is 0 Å². The van der Waals surface area contributed by atoms with E-state index in [1.54, 1.807) is 22.9 Å². The number of aromatic nitrogens is 4. The Hall–Kier alpha value is -2.90. The van der Waals surface area contributed by atoms with Crippen molar-refractivity contribution in [1.82, 2.24) is 19.5 Å². The van der Waals surface area contributed by atoms with Gasteiger partial charge in [0.15, 0.2) is 10.7 Å². The molecule has 4 aromatic rings. The molecule has 1 atom stereocenters. The summed E-state index contributed by atoms with van der Waals surface area (Å²) >= 11 is -1.25. The first-order chi connectivity index (χ1) is 12.3. The molecule has 25 heavy (non-hydrogen) atoms.